The van der Waals surface area contributed by atoms with E-state index in [9.17, 15) is 4.79 Å². The Morgan fingerprint density at radius 1 is 1.26 bits per heavy atom. The summed E-state index contributed by atoms with van der Waals surface area (Å²) in [6.45, 7) is 3.10. The van der Waals surface area contributed by atoms with Crippen molar-refractivity contribution in [1.82, 2.24) is 19.7 Å². The Morgan fingerprint density at radius 2 is 2.17 bits per heavy atom. The maximum atomic E-state index is 12.8. The Morgan fingerprint density at radius 3 is 3.04 bits per heavy atom. The van der Waals surface area contributed by atoms with Crippen LogP contribution in [0.25, 0.3) is 0 Å². The van der Waals surface area contributed by atoms with E-state index in [-0.39, 0.29) is 5.91 Å². The third-order valence-corrected chi connectivity index (χ3v) is 4.89. The molecule has 0 radical (unpaired) electrons. The van der Waals surface area contributed by atoms with Gasteiger partial charge in [-0.1, -0.05) is 18.2 Å². The molecule has 1 fully saturated rings. The van der Waals surface area contributed by atoms with Gasteiger partial charge in [-0.15, -0.1) is 0 Å². The zero-order valence-corrected chi connectivity index (χ0v) is 13.1. The Balaban J connectivity index is 1.42. The molecular formula is C17H21N5O. The van der Waals surface area contributed by atoms with Crippen molar-refractivity contribution in [2.75, 3.05) is 24.5 Å². The van der Waals surface area contributed by atoms with Crippen LogP contribution in [0.4, 0.5) is 5.69 Å². The van der Waals surface area contributed by atoms with Gasteiger partial charge in [-0.3, -0.25) is 14.4 Å². The summed E-state index contributed by atoms with van der Waals surface area (Å²) in [6, 6.07) is 8.59. The minimum Gasteiger partial charge on any atom is -0.311 e. The van der Waals surface area contributed by atoms with Crippen molar-refractivity contribution < 1.29 is 4.79 Å². The molecule has 1 amide bonds. The van der Waals surface area contributed by atoms with Crippen molar-refractivity contribution in [1.29, 1.82) is 0 Å². The molecular weight excluding hydrogens is 290 g/mol. The fourth-order valence-electron chi connectivity index (χ4n) is 3.71. The summed E-state index contributed by atoms with van der Waals surface area (Å²) < 4.78 is 1.86. The lowest BCUT2D eigenvalue weighted by Gasteiger charge is -2.26. The van der Waals surface area contributed by atoms with Gasteiger partial charge in [0, 0.05) is 18.3 Å². The molecule has 1 aromatic carbocycles. The summed E-state index contributed by atoms with van der Waals surface area (Å²) in [5.74, 6) is 0.209. The number of fused-ring (bicyclic) bond motifs is 1. The van der Waals surface area contributed by atoms with Crippen LogP contribution in [-0.2, 0) is 17.8 Å². The van der Waals surface area contributed by atoms with Gasteiger partial charge in [-0.05, 0) is 37.4 Å². The molecule has 1 aromatic heterocycles. The summed E-state index contributed by atoms with van der Waals surface area (Å²) in [5.41, 5.74) is 2.37. The molecule has 0 unspecified atom stereocenters. The zero-order chi connectivity index (χ0) is 15.6. The number of anilines is 1. The molecule has 0 bridgehead atoms. The number of hydrogen-bond acceptors (Lipinski definition) is 4. The predicted molar refractivity (Wildman–Crippen MR) is 87.1 cm³/mol. The van der Waals surface area contributed by atoms with Crippen LogP contribution in [0.15, 0.2) is 36.9 Å². The fraction of sp³-hybridized carbons (Fsp3) is 0.471. The van der Waals surface area contributed by atoms with Crippen LogP contribution in [0, 0.1) is 0 Å². The number of amides is 1. The molecule has 0 aliphatic carbocycles. The molecule has 1 saturated heterocycles. The van der Waals surface area contributed by atoms with Gasteiger partial charge in [-0.25, -0.2) is 4.98 Å². The minimum absolute atomic E-state index is 0.209. The second-order valence-electron chi connectivity index (χ2n) is 6.31. The van der Waals surface area contributed by atoms with Crippen LogP contribution >= 0.6 is 0 Å². The molecule has 0 spiro atoms. The van der Waals surface area contributed by atoms with E-state index in [4.69, 9.17) is 0 Å². The maximum Gasteiger partial charge on any atom is 0.241 e. The zero-order valence-electron chi connectivity index (χ0n) is 13.1. The van der Waals surface area contributed by atoms with E-state index in [1.807, 2.05) is 21.7 Å². The highest BCUT2D eigenvalue weighted by atomic mass is 16.2. The lowest BCUT2D eigenvalue weighted by atomic mass is 10.2. The first-order chi connectivity index (χ1) is 11.3. The molecule has 6 nitrogen and oxygen atoms in total. The van der Waals surface area contributed by atoms with E-state index in [0.717, 1.165) is 44.6 Å². The average molecular weight is 311 g/mol. The van der Waals surface area contributed by atoms with Crippen LogP contribution in [0.1, 0.15) is 18.4 Å². The van der Waals surface area contributed by atoms with E-state index in [1.54, 1.807) is 12.7 Å². The first kappa shape index (κ1) is 14.4. The van der Waals surface area contributed by atoms with Crippen molar-refractivity contribution in [3.8, 4) is 0 Å². The van der Waals surface area contributed by atoms with Gasteiger partial charge in [0.2, 0.25) is 5.91 Å². The molecule has 2 aliphatic rings. The first-order valence-electron chi connectivity index (χ1n) is 8.26. The number of carbonyl (C=O) groups excluding carboxylic acids is 1. The first-order valence-corrected chi connectivity index (χ1v) is 8.26. The molecule has 3 heterocycles. The van der Waals surface area contributed by atoms with Crippen LogP contribution in [-0.4, -0.2) is 51.2 Å². The van der Waals surface area contributed by atoms with Gasteiger partial charge in [0.25, 0.3) is 0 Å². The highest BCUT2D eigenvalue weighted by Crippen LogP contribution is 2.28. The third-order valence-electron chi connectivity index (χ3n) is 4.89. The molecule has 0 N–H and O–H groups in total. The van der Waals surface area contributed by atoms with Gasteiger partial charge in [-0.2, -0.15) is 5.10 Å². The van der Waals surface area contributed by atoms with Crippen molar-refractivity contribution in [3.63, 3.8) is 0 Å². The Hall–Kier alpha value is -2.21. The van der Waals surface area contributed by atoms with E-state index in [1.165, 1.54) is 5.56 Å². The lowest BCUT2D eigenvalue weighted by molar-refractivity contribution is -0.119. The minimum atomic E-state index is 0.209. The van der Waals surface area contributed by atoms with Crippen molar-refractivity contribution >= 4 is 11.6 Å². The highest BCUT2D eigenvalue weighted by Gasteiger charge is 2.30. The number of nitrogens with zero attached hydrogens (tertiary/aromatic N) is 5. The molecule has 0 saturated carbocycles. The van der Waals surface area contributed by atoms with Gasteiger partial charge in [0.05, 0.1) is 13.1 Å². The van der Waals surface area contributed by atoms with E-state index in [0.29, 0.717) is 12.6 Å². The van der Waals surface area contributed by atoms with E-state index < -0.39 is 0 Å². The number of likely N-dealkylation sites (tertiary alicyclic amines) is 1. The molecule has 2 aliphatic heterocycles. The second-order valence-corrected chi connectivity index (χ2v) is 6.31. The normalized spacial score (nSPS) is 20.9. The number of rotatable bonds is 4. The van der Waals surface area contributed by atoms with Crippen LogP contribution in [0.5, 0.6) is 0 Å². The van der Waals surface area contributed by atoms with Crippen LogP contribution in [0.3, 0.4) is 0 Å². The second kappa shape index (κ2) is 6.12. The Kier molecular flexibility index (Phi) is 3.83. The standard InChI is InChI=1S/C17H21N5O/c23-17(22-9-7-14-4-1-2-6-16(14)22)11-20-8-3-5-15(20)10-21-13-18-12-19-21/h1-2,4,6,12-13,15H,3,5,7-11H2/t15-/m1/s1. The van der Waals surface area contributed by atoms with Crippen LogP contribution < -0.4 is 4.90 Å². The topological polar surface area (TPSA) is 54.3 Å². The van der Waals surface area contributed by atoms with Gasteiger partial charge >= 0.3 is 0 Å². The summed E-state index contributed by atoms with van der Waals surface area (Å²) in [6.07, 6.45) is 6.53. The summed E-state index contributed by atoms with van der Waals surface area (Å²) in [5, 5.41) is 4.18. The van der Waals surface area contributed by atoms with Crippen molar-refractivity contribution in [3.05, 3.63) is 42.5 Å². The van der Waals surface area contributed by atoms with Crippen molar-refractivity contribution in [2.45, 2.75) is 31.8 Å². The molecule has 4 rings (SSSR count). The lowest BCUT2D eigenvalue weighted by Crippen LogP contribution is -2.43. The summed E-state index contributed by atoms with van der Waals surface area (Å²) in [4.78, 5) is 21.0. The SMILES string of the molecule is O=C(CN1CCC[C@@H]1Cn1cncn1)N1CCc2ccccc21. The predicted octanol–water partition coefficient (Wildman–Crippen LogP) is 1.33. The summed E-state index contributed by atoms with van der Waals surface area (Å²) >= 11 is 0. The largest absolute Gasteiger partial charge is 0.311 e. The highest BCUT2D eigenvalue weighted by molar-refractivity contribution is 5.96. The van der Waals surface area contributed by atoms with Gasteiger partial charge in [0.15, 0.2) is 0 Å². The third kappa shape index (κ3) is 2.86. The van der Waals surface area contributed by atoms with Crippen molar-refractivity contribution in [2.24, 2.45) is 0 Å². The van der Waals surface area contributed by atoms with Gasteiger partial charge < -0.3 is 4.90 Å². The smallest absolute Gasteiger partial charge is 0.241 e. The monoisotopic (exact) mass is 311 g/mol. The summed E-state index contributed by atoms with van der Waals surface area (Å²) in [7, 11) is 0. The number of benzene rings is 1. The fourth-order valence-corrected chi connectivity index (χ4v) is 3.71. The Labute approximate surface area is 135 Å². The molecule has 2 aromatic rings. The van der Waals surface area contributed by atoms with E-state index in [2.05, 4.69) is 27.1 Å². The Bertz CT molecular complexity index is 684. The maximum absolute atomic E-state index is 12.8. The number of hydrogen-bond donors (Lipinski definition) is 0. The molecule has 6 heteroatoms. The molecule has 1 atom stereocenters. The van der Waals surface area contributed by atoms with Crippen LogP contribution in [0.2, 0.25) is 0 Å². The van der Waals surface area contributed by atoms with E-state index >= 15 is 0 Å². The number of para-hydroxylation sites is 1. The molecule has 120 valence electrons. The van der Waals surface area contributed by atoms with Gasteiger partial charge in [0.1, 0.15) is 12.7 Å². The number of aromatic nitrogens is 3. The molecule has 23 heavy (non-hydrogen) atoms. The average Bonchev–Trinajstić information content (AvgIpc) is 3.29. The number of carbonyl (C=O) groups is 1. The quantitative estimate of drug-likeness (QED) is 0.855.